The zero-order chi connectivity index (χ0) is 10.4. The number of hydrogen-bond acceptors (Lipinski definition) is 6. The van der Waals surface area contributed by atoms with Crippen LogP contribution in [0.2, 0.25) is 0 Å². The van der Waals surface area contributed by atoms with Gasteiger partial charge in [0, 0.05) is 19.0 Å². The largest absolute Gasteiger partial charge is 0.393 e. The van der Waals surface area contributed by atoms with Gasteiger partial charge in [0.25, 0.3) is 0 Å². The van der Waals surface area contributed by atoms with Gasteiger partial charge in [0.1, 0.15) is 0 Å². The van der Waals surface area contributed by atoms with Crippen molar-refractivity contribution in [2.24, 2.45) is 11.8 Å². The van der Waals surface area contributed by atoms with E-state index in [1.165, 1.54) is 0 Å². The van der Waals surface area contributed by atoms with Crippen molar-refractivity contribution in [3.05, 3.63) is 0 Å². The molecule has 1 aliphatic carbocycles. The van der Waals surface area contributed by atoms with Crippen LogP contribution in [0.5, 0.6) is 0 Å². The number of rotatable bonds is 1. The van der Waals surface area contributed by atoms with Crippen LogP contribution in [0.3, 0.4) is 0 Å². The number of aliphatic hydroxyl groups excluding tert-OH is 1. The zero-order valence-corrected chi connectivity index (χ0v) is 8.33. The van der Waals surface area contributed by atoms with Crippen molar-refractivity contribution in [3.63, 3.8) is 0 Å². The monoisotopic (exact) mass is 210 g/mol. The molecule has 3 unspecified atom stereocenters. The molecule has 2 fully saturated rings. The van der Waals surface area contributed by atoms with E-state index in [9.17, 15) is 5.11 Å². The second-order valence-corrected chi connectivity index (χ2v) is 4.40. The molecule has 0 amide bonds. The number of nitrogen functional groups attached to an aromatic ring is 1. The van der Waals surface area contributed by atoms with Gasteiger partial charge < -0.3 is 20.2 Å². The van der Waals surface area contributed by atoms with Gasteiger partial charge in [0.15, 0.2) is 0 Å². The van der Waals surface area contributed by atoms with Crippen LogP contribution in [0.15, 0.2) is 4.42 Å². The lowest BCUT2D eigenvalue weighted by Crippen LogP contribution is -2.24. The van der Waals surface area contributed by atoms with E-state index in [-0.39, 0.29) is 12.1 Å². The Bertz CT molecular complexity index is 367. The molecule has 0 radical (unpaired) electrons. The molecular weight excluding hydrogens is 196 g/mol. The first-order valence-corrected chi connectivity index (χ1v) is 5.26. The minimum absolute atomic E-state index is 0.0996. The molecule has 2 aliphatic rings. The molecule has 82 valence electrons. The van der Waals surface area contributed by atoms with Crippen LogP contribution in [0.4, 0.5) is 12.0 Å². The molecule has 1 saturated heterocycles. The maximum absolute atomic E-state index is 9.75. The highest BCUT2D eigenvalue weighted by atomic mass is 16.4. The Kier molecular flexibility index (Phi) is 1.85. The molecule has 15 heavy (non-hydrogen) atoms. The SMILES string of the molecule is Nc1nnc(N2CC3CCC(O)C3C2)o1. The molecule has 6 heteroatoms. The Morgan fingerprint density at radius 1 is 1.33 bits per heavy atom. The van der Waals surface area contributed by atoms with Crippen LogP contribution in [0.1, 0.15) is 12.8 Å². The maximum Gasteiger partial charge on any atom is 0.319 e. The summed E-state index contributed by atoms with van der Waals surface area (Å²) < 4.78 is 5.17. The van der Waals surface area contributed by atoms with E-state index in [0.717, 1.165) is 25.9 Å². The van der Waals surface area contributed by atoms with Gasteiger partial charge in [0.05, 0.1) is 6.10 Å². The highest BCUT2D eigenvalue weighted by Gasteiger charge is 2.43. The lowest BCUT2D eigenvalue weighted by molar-refractivity contribution is 0.133. The number of aromatic nitrogens is 2. The fourth-order valence-electron chi connectivity index (χ4n) is 2.75. The average Bonchev–Trinajstić information content (AvgIpc) is 2.84. The van der Waals surface area contributed by atoms with Gasteiger partial charge in [-0.1, -0.05) is 10.2 Å². The molecule has 3 rings (SSSR count). The van der Waals surface area contributed by atoms with Crippen molar-refractivity contribution in [1.82, 2.24) is 10.2 Å². The topological polar surface area (TPSA) is 88.4 Å². The van der Waals surface area contributed by atoms with Gasteiger partial charge in [-0.2, -0.15) is 0 Å². The van der Waals surface area contributed by atoms with Crippen LogP contribution in [-0.4, -0.2) is 34.5 Å². The van der Waals surface area contributed by atoms with Crippen LogP contribution in [-0.2, 0) is 0 Å². The number of anilines is 2. The summed E-state index contributed by atoms with van der Waals surface area (Å²) >= 11 is 0. The Hall–Kier alpha value is -1.30. The van der Waals surface area contributed by atoms with Crippen molar-refractivity contribution in [2.45, 2.75) is 18.9 Å². The molecule has 1 aliphatic heterocycles. The van der Waals surface area contributed by atoms with Gasteiger partial charge >= 0.3 is 12.0 Å². The summed E-state index contributed by atoms with van der Waals surface area (Å²) in [5.74, 6) is 0.922. The van der Waals surface area contributed by atoms with Crippen LogP contribution in [0.25, 0.3) is 0 Å². The molecule has 1 saturated carbocycles. The fourth-order valence-corrected chi connectivity index (χ4v) is 2.75. The van der Waals surface area contributed by atoms with E-state index in [2.05, 4.69) is 10.2 Å². The predicted molar refractivity (Wildman–Crippen MR) is 53.1 cm³/mol. The normalized spacial score (nSPS) is 34.7. The zero-order valence-electron chi connectivity index (χ0n) is 8.33. The molecule has 3 atom stereocenters. The van der Waals surface area contributed by atoms with Crippen molar-refractivity contribution < 1.29 is 9.52 Å². The third kappa shape index (κ3) is 1.36. The first-order valence-electron chi connectivity index (χ1n) is 5.26. The highest BCUT2D eigenvalue weighted by Crippen LogP contribution is 2.39. The van der Waals surface area contributed by atoms with Crippen LogP contribution < -0.4 is 10.6 Å². The smallest absolute Gasteiger partial charge is 0.319 e. The molecule has 0 aromatic carbocycles. The van der Waals surface area contributed by atoms with Gasteiger partial charge in [-0.3, -0.25) is 0 Å². The molecule has 0 bridgehead atoms. The van der Waals surface area contributed by atoms with E-state index in [4.69, 9.17) is 10.2 Å². The summed E-state index contributed by atoms with van der Waals surface area (Å²) in [6.07, 6.45) is 1.85. The van der Waals surface area contributed by atoms with E-state index >= 15 is 0 Å². The van der Waals surface area contributed by atoms with Crippen molar-refractivity contribution in [2.75, 3.05) is 23.7 Å². The Labute approximate surface area is 87.1 Å². The summed E-state index contributed by atoms with van der Waals surface area (Å²) in [7, 11) is 0. The van der Waals surface area contributed by atoms with E-state index in [1.54, 1.807) is 0 Å². The molecular formula is C9H14N4O2. The standard InChI is InChI=1S/C9H14N4O2/c10-8-11-12-9(15-8)13-3-5-1-2-7(14)6(5)4-13/h5-7,14H,1-4H2,(H2,10,11). The lowest BCUT2D eigenvalue weighted by Gasteiger charge is -2.14. The first kappa shape index (κ1) is 8.96. The van der Waals surface area contributed by atoms with Gasteiger partial charge in [-0.15, -0.1) is 0 Å². The third-order valence-electron chi connectivity index (χ3n) is 3.52. The van der Waals surface area contributed by atoms with Crippen LogP contribution in [0, 0.1) is 11.8 Å². The molecule has 0 spiro atoms. The minimum atomic E-state index is -0.166. The number of fused-ring (bicyclic) bond motifs is 1. The quantitative estimate of drug-likeness (QED) is 0.670. The maximum atomic E-state index is 9.75. The van der Waals surface area contributed by atoms with Crippen molar-refractivity contribution >= 4 is 12.0 Å². The summed E-state index contributed by atoms with van der Waals surface area (Å²) in [5, 5.41) is 17.2. The molecule has 2 heterocycles. The number of hydrogen-bond donors (Lipinski definition) is 2. The lowest BCUT2D eigenvalue weighted by atomic mass is 10.00. The van der Waals surface area contributed by atoms with E-state index in [0.29, 0.717) is 17.9 Å². The Balaban J connectivity index is 1.77. The number of aliphatic hydroxyl groups is 1. The summed E-state index contributed by atoms with van der Waals surface area (Å²) in [6.45, 7) is 1.69. The summed E-state index contributed by atoms with van der Waals surface area (Å²) in [4.78, 5) is 2.01. The average molecular weight is 210 g/mol. The molecule has 3 N–H and O–H groups in total. The Morgan fingerprint density at radius 2 is 2.20 bits per heavy atom. The van der Waals surface area contributed by atoms with Crippen molar-refractivity contribution in [3.8, 4) is 0 Å². The first-order chi connectivity index (χ1) is 7.24. The third-order valence-corrected chi connectivity index (χ3v) is 3.52. The van der Waals surface area contributed by atoms with Crippen molar-refractivity contribution in [1.29, 1.82) is 0 Å². The second-order valence-electron chi connectivity index (χ2n) is 4.40. The molecule has 1 aromatic rings. The number of nitrogens with two attached hydrogens (primary N) is 1. The summed E-state index contributed by atoms with van der Waals surface area (Å²) in [6, 6.07) is 0.580. The van der Waals surface area contributed by atoms with Gasteiger partial charge in [-0.25, -0.2) is 0 Å². The van der Waals surface area contributed by atoms with Gasteiger partial charge in [0.2, 0.25) is 0 Å². The highest BCUT2D eigenvalue weighted by molar-refractivity contribution is 5.31. The number of nitrogens with zero attached hydrogens (tertiary/aromatic N) is 3. The Morgan fingerprint density at radius 3 is 2.87 bits per heavy atom. The predicted octanol–water partition coefficient (Wildman–Crippen LogP) is -0.141. The molecule has 6 nitrogen and oxygen atoms in total. The molecule has 1 aromatic heterocycles. The summed E-state index contributed by atoms with van der Waals surface area (Å²) in [5.41, 5.74) is 5.37. The van der Waals surface area contributed by atoms with E-state index < -0.39 is 0 Å². The van der Waals surface area contributed by atoms with Gasteiger partial charge in [-0.05, 0) is 18.8 Å². The van der Waals surface area contributed by atoms with Crippen LogP contribution >= 0.6 is 0 Å². The minimum Gasteiger partial charge on any atom is -0.393 e. The fraction of sp³-hybridized carbons (Fsp3) is 0.778. The second kappa shape index (κ2) is 3.10. The van der Waals surface area contributed by atoms with E-state index in [1.807, 2.05) is 4.90 Å².